The molecular formula is C22H21FN6O6. The number of benzene rings is 1. The lowest BCUT2D eigenvalue weighted by molar-refractivity contribution is -0.147. The topological polar surface area (TPSA) is 139 Å². The molecule has 1 aromatic carbocycles. The van der Waals surface area contributed by atoms with E-state index in [2.05, 4.69) is 20.8 Å². The molecule has 5 aliphatic heterocycles. The average molecular weight is 484 g/mol. The normalized spacial score (nSPS) is 35.3. The quantitative estimate of drug-likeness (QED) is 0.620. The van der Waals surface area contributed by atoms with Gasteiger partial charge in [0.15, 0.2) is 22.7 Å². The largest absolute Gasteiger partial charge is 0.447 e. The van der Waals surface area contributed by atoms with Crippen molar-refractivity contribution >= 4 is 46.3 Å². The molecule has 6 heterocycles. The van der Waals surface area contributed by atoms with Crippen LogP contribution in [0.5, 0.6) is 0 Å². The molecule has 0 aliphatic carbocycles. The van der Waals surface area contributed by atoms with Gasteiger partial charge in [0.1, 0.15) is 18.5 Å². The molecule has 35 heavy (non-hydrogen) atoms. The molecule has 0 saturated carbocycles. The highest BCUT2D eigenvalue weighted by Gasteiger charge is 2.77. The Balaban J connectivity index is 1.48. The SMILES string of the molecule is C[C@@H]1CN2c3c(cc4c(N5C(=O)OC[C@H]5C)noc4c3F)CC34C(=O)NC(=O)NC3=N[C@]24[C@H](C)O1. The number of carbonyl (C=O) groups excluding carboxylic acids is 3. The molecule has 7 rings (SSSR count). The van der Waals surface area contributed by atoms with E-state index in [0.717, 1.165) is 0 Å². The van der Waals surface area contributed by atoms with Gasteiger partial charge < -0.3 is 18.9 Å². The molecule has 4 amide bonds. The van der Waals surface area contributed by atoms with E-state index in [4.69, 9.17) is 14.0 Å². The second kappa shape index (κ2) is 6.27. The van der Waals surface area contributed by atoms with Gasteiger partial charge in [0.05, 0.1) is 23.2 Å². The Morgan fingerprint density at radius 2 is 2.00 bits per heavy atom. The van der Waals surface area contributed by atoms with Crippen LogP contribution in [0.2, 0.25) is 0 Å². The summed E-state index contributed by atoms with van der Waals surface area (Å²) in [4.78, 5) is 45.5. The molecule has 2 aromatic rings. The highest BCUT2D eigenvalue weighted by atomic mass is 19.1. The van der Waals surface area contributed by atoms with Crippen LogP contribution in [-0.4, -0.2) is 66.1 Å². The van der Waals surface area contributed by atoms with Crippen molar-refractivity contribution in [1.29, 1.82) is 0 Å². The maximum atomic E-state index is 16.2. The van der Waals surface area contributed by atoms with Gasteiger partial charge in [0.25, 0.3) is 0 Å². The lowest BCUT2D eigenvalue weighted by atomic mass is 9.58. The number of nitrogens with zero attached hydrogens (tertiary/aromatic N) is 4. The Bertz CT molecular complexity index is 1410. The lowest BCUT2D eigenvalue weighted by Crippen LogP contribution is -2.86. The molecule has 1 aromatic heterocycles. The second-order valence-corrected chi connectivity index (χ2v) is 9.75. The fraction of sp³-hybridized carbons (Fsp3) is 0.500. The predicted molar refractivity (Wildman–Crippen MR) is 118 cm³/mol. The van der Waals surface area contributed by atoms with Crippen molar-refractivity contribution in [1.82, 2.24) is 15.8 Å². The van der Waals surface area contributed by atoms with Crippen molar-refractivity contribution < 1.29 is 32.8 Å². The molecule has 2 spiro atoms. The van der Waals surface area contributed by atoms with Gasteiger partial charge in [-0.25, -0.2) is 19.0 Å². The number of urea groups is 1. The molecule has 1 unspecified atom stereocenters. The number of rotatable bonds is 1. The van der Waals surface area contributed by atoms with Crippen LogP contribution >= 0.6 is 0 Å². The van der Waals surface area contributed by atoms with Crippen LogP contribution < -0.4 is 20.4 Å². The number of nitrogens with one attached hydrogen (secondary N) is 2. The first-order valence-electron chi connectivity index (χ1n) is 11.4. The summed E-state index contributed by atoms with van der Waals surface area (Å²) in [6.07, 6.45) is -1.39. The van der Waals surface area contributed by atoms with E-state index < -0.39 is 41.0 Å². The maximum Gasteiger partial charge on any atom is 0.416 e. The van der Waals surface area contributed by atoms with Gasteiger partial charge in [-0.2, -0.15) is 0 Å². The number of halogens is 1. The summed E-state index contributed by atoms with van der Waals surface area (Å²) < 4.78 is 32.8. The first kappa shape index (κ1) is 20.6. The minimum absolute atomic E-state index is 0.0589. The van der Waals surface area contributed by atoms with Gasteiger partial charge in [-0.05, 0) is 32.4 Å². The summed E-state index contributed by atoms with van der Waals surface area (Å²) in [7, 11) is 0. The van der Waals surface area contributed by atoms with E-state index in [1.807, 2.05) is 6.92 Å². The molecule has 13 heteroatoms. The van der Waals surface area contributed by atoms with E-state index in [9.17, 15) is 14.4 Å². The fourth-order valence-electron chi connectivity index (χ4n) is 6.39. The van der Waals surface area contributed by atoms with Crippen LogP contribution in [0.25, 0.3) is 11.0 Å². The number of hydrogen-bond acceptors (Lipinski definition) is 9. The summed E-state index contributed by atoms with van der Waals surface area (Å²) in [6, 6.07) is 0.724. The van der Waals surface area contributed by atoms with Gasteiger partial charge >= 0.3 is 12.1 Å². The molecular weight excluding hydrogens is 463 g/mol. The third-order valence-electron chi connectivity index (χ3n) is 7.79. The van der Waals surface area contributed by atoms with Crippen molar-refractivity contribution in [2.24, 2.45) is 10.4 Å². The maximum absolute atomic E-state index is 16.2. The van der Waals surface area contributed by atoms with Crippen LogP contribution in [0.1, 0.15) is 26.3 Å². The molecule has 12 nitrogen and oxygen atoms in total. The van der Waals surface area contributed by atoms with E-state index in [-0.39, 0.29) is 54.6 Å². The number of amidine groups is 1. The number of aliphatic imine (C=N–C) groups is 1. The zero-order valence-corrected chi connectivity index (χ0v) is 19.0. The van der Waals surface area contributed by atoms with Crippen molar-refractivity contribution in [3.05, 3.63) is 17.4 Å². The third-order valence-corrected chi connectivity index (χ3v) is 7.79. The van der Waals surface area contributed by atoms with Gasteiger partial charge in [0, 0.05) is 13.0 Å². The molecule has 182 valence electrons. The highest BCUT2D eigenvalue weighted by molar-refractivity contribution is 6.26. The monoisotopic (exact) mass is 484 g/mol. The standard InChI is InChI=1S/C22H21FN6O6/c1-8-7-33-20(32)29(8)16-12-4-11-5-21-17(24-19(31)25-18(21)30)26-22(21)10(3)34-9(2)6-28(22)14(11)13(23)15(12)35-27-16/h4,8-10H,5-7H2,1-3H3,(H2,24,25,26,30,31)/t8-,9-,10+,21?,22-/m1/s1. The average Bonchev–Trinajstić information content (AvgIpc) is 3.33. The van der Waals surface area contributed by atoms with E-state index >= 15 is 4.39 Å². The summed E-state index contributed by atoms with van der Waals surface area (Å²) in [5.74, 6) is -0.793. The van der Waals surface area contributed by atoms with Gasteiger partial charge in [-0.1, -0.05) is 5.16 Å². The number of carbonyl (C=O) groups is 3. The number of amides is 4. The molecule has 3 saturated heterocycles. The van der Waals surface area contributed by atoms with Gasteiger partial charge in [-0.3, -0.25) is 20.3 Å². The van der Waals surface area contributed by atoms with Crippen LogP contribution in [0.15, 0.2) is 15.6 Å². The first-order chi connectivity index (χ1) is 16.7. The number of aromatic nitrogens is 1. The molecule has 3 fully saturated rings. The number of cyclic esters (lactones) is 1. The highest BCUT2D eigenvalue weighted by Crippen LogP contribution is 2.60. The minimum atomic E-state index is -1.29. The van der Waals surface area contributed by atoms with E-state index in [1.165, 1.54) is 4.90 Å². The summed E-state index contributed by atoms with van der Waals surface area (Å²) in [6.45, 7) is 5.88. The van der Waals surface area contributed by atoms with Crippen molar-refractivity contribution in [2.75, 3.05) is 23.0 Å². The Kier molecular flexibility index (Phi) is 3.70. The Hall–Kier alpha value is -3.74. The summed E-state index contributed by atoms with van der Waals surface area (Å²) in [5.41, 5.74) is -1.88. The summed E-state index contributed by atoms with van der Waals surface area (Å²) in [5, 5.41) is 9.30. The molecule has 5 atom stereocenters. The van der Waals surface area contributed by atoms with Crippen LogP contribution in [0, 0.1) is 11.2 Å². The Morgan fingerprint density at radius 1 is 1.20 bits per heavy atom. The zero-order chi connectivity index (χ0) is 24.4. The van der Waals surface area contributed by atoms with E-state index in [0.29, 0.717) is 10.9 Å². The second-order valence-electron chi connectivity index (χ2n) is 9.75. The van der Waals surface area contributed by atoms with Crippen molar-refractivity contribution in [3.8, 4) is 0 Å². The Labute approximate surface area is 197 Å². The fourth-order valence-corrected chi connectivity index (χ4v) is 6.39. The van der Waals surface area contributed by atoms with Crippen LogP contribution in [-0.2, 0) is 20.7 Å². The van der Waals surface area contributed by atoms with E-state index in [1.54, 1.807) is 24.8 Å². The van der Waals surface area contributed by atoms with Crippen molar-refractivity contribution in [3.63, 3.8) is 0 Å². The minimum Gasteiger partial charge on any atom is -0.447 e. The van der Waals surface area contributed by atoms with Gasteiger partial charge in [0.2, 0.25) is 11.5 Å². The zero-order valence-electron chi connectivity index (χ0n) is 19.0. The number of morpholine rings is 1. The van der Waals surface area contributed by atoms with Crippen molar-refractivity contribution in [2.45, 2.75) is 51.1 Å². The van der Waals surface area contributed by atoms with Crippen LogP contribution in [0.3, 0.4) is 0 Å². The van der Waals surface area contributed by atoms with Crippen LogP contribution in [0.4, 0.5) is 25.5 Å². The molecule has 0 bridgehead atoms. The Morgan fingerprint density at radius 3 is 2.71 bits per heavy atom. The predicted octanol–water partition coefficient (Wildman–Crippen LogP) is 1.42. The number of imide groups is 1. The molecule has 0 radical (unpaired) electrons. The number of ether oxygens (including phenoxy) is 2. The van der Waals surface area contributed by atoms with Gasteiger partial charge in [-0.15, -0.1) is 0 Å². The number of hydrogen-bond donors (Lipinski definition) is 2. The lowest BCUT2D eigenvalue weighted by Gasteiger charge is -2.67. The smallest absolute Gasteiger partial charge is 0.416 e. The first-order valence-corrected chi connectivity index (χ1v) is 11.4. The number of fused-ring (bicyclic) bond motifs is 3. The molecule has 5 aliphatic rings. The summed E-state index contributed by atoms with van der Waals surface area (Å²) >= 11 is 0. The number of anilines is 2. The third kappa shape index (κ3) is 2.18. The molecule has 2 N–H and O–H groups in total.